The molecule has 0 amide bonds. The first-order valence-corrected chi connectivity index (χ1v) is 6.93. The number of rotatable bonds is 2. The van der Waals surface area contributed by atoms with Gasteiger partial charge in [0.15, 0.2) is 5.65 Å². The highest BCUT2D eigenvalue weighted by molar-refractivity contribution is 5.91. The summed E-state index contributed by atoms with van der Waals surface area (Å²) in [6.45, 7) is 0. The van der Waals surface area contributed by atoms with Gasteiger partial charge in [-0.3, -0.25) is 4.40 Å². The molecule has 0 unspecified atom stereocenters. The number of esters is 1. The third-order valence-corrected chi connectivity index (χ3v) is 3.95. The van der Waals surface area contributed by atoms with Crippen molar-refractivity contribution in [1.82, 2.24) is 14.6 Å². The van der Waals surface area contributed by atoms with Gasteiger partial charge in [0.1, 0.15) is 5.82 Å². The minimum absolute atomic E-state index is 0.394. The Morgan fingerprint density at radius 1 is 1.35 bits per heavy atom. The van der Waals surface area contributed by atoms with Crippen molar-refractivity contribution < 1.29 is 9.53 Å². The number of anilines is 1. The molecule has 6 heteroatoms. The van der Waals surface area contributed by atoms with E-state index in [1.54, 1.807) is 12.3 Å². The van der Waals surface area contributed by atoms with Crippen molar-refractivity contribution >= 4 is 17.3 Å². The van der Waals surface area contributed by atoms with Gasteiger partial charge in [-0.1, -0.05) is 19.3 Å². The van der Waals surface area contributed by atoms with E-state index in [0.717, 1.165) is 18.7 Å². The van der Waals surface area contributed by atoms with Gasteiger partial charge in [-0.05, 0) is 18.9 Å². The van der Waals surface area contributed by atoms with Crippen LogP contribution in [0.2, 0.25) is 0 Å². The summed E-state index contributed by atoms with van der Waals surface area (Å²) >= 11 is 0. The number of hydrogen-bond donors (Lipinski definition) is 1. The summed E-state index contributed by atoms with van der Waals surface area (Å²) in [7, 11) is 1.36. The van der Waals surface area contributed by atoms with E-state index in [1.165, 1.54) is 26.4 Å². The number of carbonyl (C=O) groups excluding carboxylic acids is 1. The highest BCUT2D eigenvalue weighted by Gasteiger charge is 2.22. The van der Waals surface area contributed by atoms with Gasteiger partial charge in [0.05, 0.1) is 18.4 Å². The summed E-state index contributed by atoms with van der Waals surface area (Å²) in [5.41, 5.74) is 7.44. The Morgan fingerprint density at radius 3 is 2.80 bits per heavy atom. The van der Waals surface area contributed by atoms with E-state index in [0.29, 0.717) is 22.8 Å². The van der Waals surface area contributed by atoms with Crippen LogP contribution in [0.4, 0.5) is 5.69 Å². The van der Waals surface area contributed by atoms with E-state index in [-0.39, 0.29) is 0 Å². The number of hydrogen-bond acceptors (Lipinski definition) is 5. The molecule has 1 aliphatic rings. The van der Waals surface area contributed by atoms with Gasteiger partial charge in [-0.25, -0.2) is 4.79 Å². The van der Waals surface area contributed by atoms with Crippen LogP contribution in [0.15, 0.2) is 12.3 Å². The van der Waals surface area contributed by atoms with Gasteiger partial charge < -0.3 is 10.5 Å². The topological polar surface area (TPSA) is 82.5 Å². The summed E-state index contributed by atoms with van der Waals surface area (Å²) < 4.78 is 6.60. The number of pyridine rings is 1. The van der Waals surface area contributed by atoms with Gasteiger partial charge in [0, 0.05) is 12.1 Å². The Hall–Kier alpha value is -2.11. The minimum atomic E-state index is -0.401. The number of methoxy groups -OCH3 is 1. The number of nitrogens with zero attached hydrogens (tertiary/aromatic N) is 3. The number of aromatic nitrogens is 3. The van der Waals surface area contributed by atoms with Crippen molar-refractivity contribution in [2.24, 2.45) is 0 Å². The van der Waals surface area contributed by atoms with E-state index < -0.39 is 5.97 Å². The zero-order valence-electron chi connectivity index (χ0n) is 11.5. The molecule has 2 aromatic rings. The maximum Gasteiger partial charge on any atom is 0.339 e. The molecule has 0 aromatic carbocycles. The standard InChI is InChI=1S/C14H18N4O2/c1-20-14(19)10-7-11(15)13-17-16-12(18(13)8-10)9-5-3-2-4-6-9/h7-9H,2-6,15H2,1H3. The van der Waals surface area contributed by atoms with Gasteiger partial charge >= 0.3 is 5.97 Å². The normalized spacial score (nSPS) is 16.4. The molecule has 3 rings (SSSR count). The van der Waals surface area contributed by atoms with Crippen molar-refractivity contribution in [2.45, 2.75) is 38.0 Å². The van der Waals surface area contributed by atoms with Crippen LogP contribution in [0, 0.1) is 0 Å². The Balaban J connectivity index is 2.09. The molecular weight excluding hydrogens is 256 g/mol. The quantitative estimate of drug-likeness (QED) is 0.848. The molecule has 20 heavy (non-hydrogen) atoms. The molecular formula is C14H18N4O2. The number of nitrogen functional groups attached to an aromatic ring is 1. The molecule has 0 spiro atoms. The molecule has 2 aromatic heterocycles. The van der Waals surface area contributed by atoms with Crippen LogP contribution in [0.5, 0.6) is 0 Å². The average Bonchev–Trinajstić information content (AvgIpc) is 2.91. The van der Waals surface area contributed by atoms with Crippen molar-refractivity contribution in [2.75, 3.05) is 12.8 Å². The van der Waals surface area contributed by atoms with Gasteiger partial charge in [0.2, 0.25) is 0 Å². The second kappa shape index (κ2) is 5.11. The molecule has 2 heterocycles. The summed E-state index contributed by atoms with van der Waals surface area (Å²) in [6, 6.07) is 1.58. The Labute approximate surface area is 116 Å². The number of carbonyl (C=O) groups is 1. The molecule has 0 saturated heterocycles. The van der Waals surface area contributed by atoms with Crippen molar-refractivity contribution in [3.05, 3.63) is 23.7 Å². The van der Waals surface area contributed by atoms with Crippen LogP contribution in [-0.2, 0) is 4.74 Å². The summed E-state index contributed by atoms with van der Waals surface area (Å²) in [5, 5.41) is 8.44. The van der Waals surface area contributed by atoms with Crippen LogP contribution in [-0.4, -0.2) is 27.7 Å². The maximum atomic E-state index is 11.7. The monoisotopic (exact) mass is 274 g/mol. The van der Waals surface area contributed by atoms with Crippen LogP contribution in [0.1, 0.15) is 54.2 Å². The van der Waals surface area contributed by atoms with E-state index in [4.69, 9.17) is 10.5 Å². The highest BCUT2D eigenvalue weighted by atomic mass is 16.5. The molecule has 2 N–H and O–H groups in total. The van der Waals surface area contributed by atoms with E-state index in [1.807, 2.05) is 4.40 Å². The Bertz CT molecular complexity index is 644. The smallest absolute Gasteiger partial charge is 0.339 e. The van der Waals surface area contributed by atoms with Crippen molar-refractivity contribution in [3.8, 4) is 0 Å². The molecule has 0 bridgehead atoms. The second-order valence-corrected chi connectivity index (χ2v) is 5.26. The fourth-order valence-corrected chi connectivity index (χ4v) is 2.90. The van der Waals surface area contributed by atoms with Crippen molar-refractivity contribution in [1.29, 1.82) is 0 Å². The fourth-order valence-electron chi connectivity index (χ4n) is 2.90. The number of fused-ring (bicyclic) bond motifs is 1. The third-order valence-electron chi connectivity index (χ3n) is 3.95. The van der Waals surface area contributed by atoms with Gasteiger partial charge in [0.25, 0.3) is 0 Å². The van der Waals surface area contributed by atoms with Gasteiger partial charge in [-0.15, -0.1) is 10.2 Å². The first-order chi connectivity index (χ1) is 9.70. The number of ether oxygens (including phenoxy) is 1. The molecule has 1 fully saturated rings. The highest BCUT2D eigenvalue weighted by Crippen LogP contribution is 2.32. The van der Waals surface area contributed by atoms with Crippen LogP contribution in [0.25, 0.3) is 5.65 Å². The Morgan fingerprint density at radius 2 is 2.10 bits per heavy atom. The SMILES string of the molecule is COC(=O)c1cc(N)c2nnc(C3CCCCC3)n2c1. The lowest BCUT2D eigenvalue weighted by Gasteiger charge is -2.20. The Kier molecular flexibility index (Phi) is 3.30. The second-order valence-electron chi connectivity index (χ2n) is 5.26. The third kappa shape index (κ3) is 2.11. The van der Waals surface area contributed by atoms with Crippen LogP contribution < -0.4 is 5.73 Å². The lowest BCUT2D eigenvalue weighted by atomic mass is 9.89. The molecule has 0 atom stereocenters. The predicted octanol–water partition coefficient (Wildman–Crippen LogP) is 2.15. The van der Waals surface area contributed by atoms with Crippen LogP contribution >= 0.6 is 0 Å². The predicted molar refractivity (Wildman–Crippen MR) is 74.6 cm³/mol. The molecule has 0 aliphatic heterocycles. The molecule has 1 aliphatic carbocycles. The van der Waals surface area contributed by atoms with Crippen molar-refractivity contribution in [3.63, 3.8) is 0 Å². The zero-order valence-corrected chi connectivity index (χ0v) is 11.5. The average molecular weight is 274 g/mol. The number of nitrogens with two attached hydrogens (primary N) is 1. The first kappa shape index (κ1) is 12.9. The van der Waals surface area contributed by atoms with E-state index in [9.17, 15) is 4.79 Å². The first-order valence-electron chi connectivity index (χ1n) is 6.93. The fraction of sp³-hybridized carbons (Fsp3) is 0.500. The maximum absolute atomic E-state index is 11.7. The lowest BCUT2D eigenvalue weighted by Crippen LogP contribution is -2.11. The van der Waals surface area contributed by atoms with Gasteiger partial charge in [-0.2, -0.15) is 0 Å². The summed E-state index contributed by atoms with van der Waals surface area (Å²) in [5.74, 6) is 0.894. The van der Waals surface area contributed by atoms with Crippen LogP contribution in [0.3, 0.4) is 0 Å². The summed E-state index contributed by atoms with van der Waals surface area (Å²) in [6.07, 6.45) is 7.66. The van der Waals surface area contributed by atoms with E-state index in [2.05, 4.69) is 10.2 Å². The summed E-state index contributed by atoms with van der Waals surface area (Å²) in [4.78, 5) is 11.7. The zero-order chi connectivity index (χ0) is 14.1. The lowest BCUT2D eigenvalue weighted by molar-refractivity contribution is 0.0600. The molecule has 0 radical (unpaired) electrons. The minimum Gasteiger partial charge on any atom is -0.465 e. The molecule has 6 nitrogen and oxygen atoms in total. The molecule has 1 saturated carbocycles. The van der Waals surface area contributed by atoms with E-state index >= 15 is 0 Å². The molecule has 106 valence electrons. The largest absolute Gasteiger partial charge is 0.465 e.